The molecule has 146 valence electrons. The zero-order chi connectivity index (χ0) is 20.0. The van der Waals surface area contributed by atoms with Crippen LogP contribution in [0.1, 0.15) is 27.2 Å². The van der Waals surface area contributed by atoms with E-state index in [-0.39, 0.29) is 0 Å². The lowest BCUT2D eigenvalue weighted by atomic mass is 9.87. The van der Waals surface area contributed by atoms with Crippen LogP contribution in [0.3, 0.4) is 0 Å². The first-order chi connectivity index (χ1) is 14.1. The molecule has 0 aliphatic carbocycles. The largest absolute Gasteiger partial charge is 0.480 e. The van der Waals surface area contributed by atoms with Gasteiger partial charge in [-0.05, 0) is 29.5 Å². The van der Waals surface area contributed by atoms with E-state index in [9.17, 15) is 4.79 Å². The van der Waals surface area contributed by atoms with Crippen LogP contribution in [0.5, 0.6) is 5.75 Å². The van der Waals surface area contributed by atoms with E-state index in [4.69, 9.17) is 15.5 Å². The van der Waals surface area contributed by atoms with Crippen molar-refractivity contribution >= 4 is 34.0 Å². The Bertz CT molecular complexity index is 1190. The third-order valence-electron chi connectivity index (χ3n) is 5.13. The van der Waals surface area contributed by atoms with Crippen molar-refractivity contribution in [3.8, 4) is 5.75 Å². The van der Waals surface area contributed by atoms with Crippen LogP contribution in [0.25, 0.3) is 4.96 Å². The SMILES string of the molecule is CSc1nn2cc(C3(Cc4ccccc4)Cc4ccc(C(N)=O)cc4O3)nc2s1. The standard InChI is InChI=1S/C21H18N4O2S2/c1-28-20-24-25-12-17(23-19(25)29-20)21(10-13-5-3-2-4-6-13)11-15-8-7-14(18(22)26)9-16(15)27-21/h2-9,12H,10-11H2,1H3,(H2,22,26). The highest BCUT2D eigenvalue weighted by atomic mass is 32.2. The van der Waals surface area contributed by atoms with Gasteiger partial charge < -0.3 is 10.5 Å². The summed E-state index contributed by atoms with van der Waals surface area (Å²) >= 11 is 3.16. The molecule has 1 aliphatic heterocycles. The fraction of sp³-hybridized carbons (Fsp3) is 0.190. The Morgan fingerprint density at radius 1 is 1.31 bits per heavy atom. The number of benzene rings is 2. The molecular formula is C21H18N4O2S2. The van der Waals surface area contributed by atoms with Gasteiger partial charge in [-0.1, -0.05) is 59.5 Å². The summed E-state index contributed by atoms with van der Waals surface area (Å²) in [6.45, 7) is 0. The monoisotopic (exact) mass is 422 g/mol. The smallest absolute Gasteiger partial charge is 0.248 e. The van der Waals surface area contributed by atoms with Gasteiger partial charge in [0.05, 0.1) is 6.20 Å². The van der Waals surface area contributed by atoms with Gasteiger partial charge in [-0.25, -0.2) is 9.50 Å². The molecule has 1 atom stereocenters. The van der Waals surface area contributed by atoms with Crippen LogP contribution in [0, 0.1) is 0 Å². The van der Waals surface area contributed by atoms with E-state index >= 15 is 0 Å². The number of primary amides is 1. The first-order valence-electron chi connectivity index (χ1n) is 9.13. The number of nitrogens with zero attached hydrogens (tertiary/aromatic N) is 3. The van der Waals surface area contributed by atoms with Crippen molar-refractivity contribution in [2.45, 2.75) is 22.8 Å². The van der Waals surface area contributed by atoms with Crippen molar-refractivity contribution in [1.82, 2.24) is 14.6 Å². The minimum Gasteiger partial charge on any atom is -0.480 e. The van der Waals surface area contributed by atoms with Crippen LogP contribution in [-0.4, -0.2) is 26.8 Å². The summed E-state index contributed by atoms with van der Waals surface area (Å²) < 4.78 is 9.31. The van der Waals surface area contributed by atoms with Crippen LogP contribution >= 0.6 is 23.1 Å². The van der Waals surface area contributed by atoms with E-state index in [0.29, 0.717) is 24.2 Å². The van der Waals surface area contributed by atoms with E-state index in [0.717, 1.165) is 26.1 Å². The Labute approximate surface area is 175 Å². The molecular weight excluding hydrogens is 404 g/mol. The Hall–Kier alpha value is -2.84. The molecule has 1 amide bonds. The first kappa shape index (κ1) is 18.2. The molecule has 2 aromatic heterocycles. The lowest BCUT2D eigenvalue weighted by Crippen LogP contribution is -2.34. The van der Waals surface area contributed by atoms with E-state index in [2.05, 4.69) is 17.2 Å². The van der Waals surface area contributed by atoms with Gasteiger partial charge in [-0.3, -0.25) is 4.79 Å². The number of nitrogens with two attached hydrogens (primary N) is 1. The van der Waals surface area contributed by atoms with Crippen LogP contribution in [0.4, 0.5) is 0 Å². The van der Waals surface area contributed by atoms with Crippen molar-refractivity contribution in [3.63, 3.8) is 0 Å². The van der Waals surface area contributed by atoms with Crippen molar-refractivity contribution in [3.05, 3.63) is 77.1 Å². The molecule has 2 N–H and O–H groups in total. The highest BCUT2D eigenvalue weighted by Crippen LogP contribution is 2.44. The van der Waals surface area contributed by atoms with Crippen molar-refractivity contribution in [2.75, 3.05) is 6.26 Å². The van der Waals surface area contributed by atoms with Crippen LogP contribution in [0.15, 0.2) is 59.1 Å². The van der Waals surface area contributed by atoms with Gasteiger partial charge >= 0.3 is 0 Å². The summed E-state index contributed by atoms with van der Waals surface area (Å²) in [5.74, 6) is 0.222. The molecule has 2 aromatic carbocycles. The van der Waals surface area contributed by atoms with Gasteiger partial charge in [0.2, 0.25) is 10.9 Å². The van der Waals surface area contributed by atoms with Gasteiger partial charge in [0.15, 0.2) is 9.94 Å². The Morgan fingerprint density at radius 3 is 2.86 bits per heavy atom. The van der Waals surface area contributed by atoms with Gasteiger partial charge in [-0.2, -0.15) is 0 Å². The quantitative estimate of drug-likeness (QED) is 0.496. The molecule has 0 fully saturated rings. The first-order valence-corrected chi connectivity index (χ1v) is 11.2. The number of ether oxygens (including phenoxy) is 1. The molecule has 6 nitrogen and oxygen atoms in total. The molecule has 8 heteroatoms. The fourth-order valence-electron chi connectivity index (χ4n) is 3.74. The van der Waals surface area contributed by atoms with Gasteiger partial charge in [0.1, 0.15) is 11.4 Å². The zero-order valence-corrected chi connectivity index (χ0v) is 17.3. The van der Waals surface area contributed by atoms with Crippen molar-refractivity contribution in [2.24, 2.45) is 5.73 Å². The van der Waals surface area contributed by atoms with Crippen LogP contribution < -0.4 is 10.5 Å². The highest BCUT2D eigenvalue weighted by molar-refractivity contribution is 8.00. The molecule has 4 aromatic rings. The third kappa shape index (κ3) is 3.18. The van der Waals surface area contributed by atoms with E-state index < -0.39 is 11.5 Å². The number of amides is 1. The molecule has 1 aliphatic rings. The number of thioether (sulfide) groups is 1. The number of hydrogen-bond donors (Lipinski definition) is 1. The summed E-state index contributed by atoms with van der Waals surface area (Å²) in [4.78, 5) is 17.3. The van der Waals surface area contributed by atoms with E-state index in [1.807, 2.05) is 41.2 Å². The van der Waals surface area contributed by atoms with Crippen LogP contribution in [-0.2, 0) is 18.4 Å². The van der Waals surface area contributed by atoms with E-state index in [1.165, 1.54) is 0 Å². The minimum absolute atomic E-state index is 0.441. The lowest BCUT2D eigenvalue weighted by molar-refractivity contribution is 0.0884. The molecule has 5 rings (SSSR count). The van der Waals surface area contributed by atoms with Crippen LogP contribution in [0.2, 0.25) is 0 Å². The number of hydrogen-bond acceptors (Lipinski definition) is 6. The summed E-state index contributed by atoms with van der Waals surface area (Å²) in [5.41, 5.74) is 8.27. The molecule has 1 unspecified atom stereocenters. The van der Waals surface area contributed by atoms with Gasteiger partial charge in [0.25, 0.3) is 0 Å². The zero-order valence-electron chi connectivity index (χ0n) is 15.7. The summed E-state index contributed by atoms with van der Waals surface area (Å²) in [6.07, 6.45) is 5.28. The Kier molecular flexibility index (Phi) is 4.33. The third-order valence-corrected chi connectivity index (χ3v) is 7.03. The number of imidazole rings is 1. The number of fused-ring (bicyclic) bond motifs is 2. The summed E-state index contributed by atoms with van der Waals surface area (Å²) in [6, 6.07) is 15.6. The maximum Gasteiger partial charge on any atom is 0.248 e. The van der Waals surface area contributed by atoms with E-state index in [1.54, 1.807) is 35.2 Å². The maximum atomic E-state index is 11.6. The molecule has 0 radical (unpaired) electrons. The van der Waals surface area contributed by atoms with Gasteiger partial charge in [0, 0.05) is 18.4 Å². The normalized spacial score (nSPS) is 18.0. The van der Waals surface area contributed by atoms with Crippen molar-refractivity contribution in [1.29, 1.82) is 0 Å². The average molecular weight is 423 g/mol. The minimum atomic E-state index is -0.660. The van der Waals surface area contributed by atoms with Gasteiger partial charge in [-0.15, -0.1) is 5.10 Å². The Morgan fingerprint density at radius 2 is 2.14 bits per heavy atom. The highest BCUT2D eigenvalue weighted by Gasteiger charge is 2.43. The average Bonchev–Trinajstić information content (AvgIpc) is 3.39. The summed E-state index contributed by atoms with van der Waals surface area (Å²) in [7, 11) is 0. The second kappa shape index (κ2) is 6.89. The molecule has 0 saturated heterocycles. The molecule has 0 bridgehead atoms. The lowest BCUT2D eigenvalue weighted by Gasteiger charge is -2.27. The summed E-state index contributed by atoms with van der Waals surface area (Å²) in [5, 5.41) is 4.57. The second-order valence-corrected chi connectivity index (χ2v) is 9.06. The Balaban J connectivity index is 1.59. The molecule has 29 heavy (non-hydrogen) atoms. The molecule has 3 heterocycles. The molecule has 0 saturated carbocycles. The topological polar surface area (TPSA) is 82.5 Å². The predicted molar refractivity (Wildman–Crippen MR) is 114 cm³/mol. The number of rotatable bonds is 5. The fourth-order valence-corrected chi connectivity index (χ4v) is 5.09. The number of aromatic nitrogens is 3. The molecule has 0 spiro atoms. The maximum absolute atomic E-state index is 11.6. The van der Waals surface area contributed by atoms with Crippen molar-refractivity contribution < 1.29 is 9.53 Å². The second-order valence-electron chi connectivity index (χ2n) is 7.05. The number of carbonyl (C=O) groups excluding carboxylic acids is 1. The predicted octanol–water partition coefficient (Wildman–Crippen LogP) is 3.68. The number of carbonyl (C=O) groups is 1.